The Balaban J connectivity index is 1.79. The number of unbranched alkanes of at least 4 members (excludes halogenated alkanes) is 3. The highest BCUT2D eigenvalue weighted by Gasteiger charge is 2.04. The van der Waals surface area contributed by atoms with Crippen LogP contribution >= 0.6 is 0 Å². The van der Waals surface area contributed by atoms with E-state index in [0.29, 0.717) is 6.04 Å². The van der Waals surface area contributed by atoms with Crippen molar-refractivity contribution in [3.8, 4) is 0 Å². The molecule has 0 aliphatic carbocycles. The van der Waals surface area contributed by atoms with E-state index in [2.05, 4.69) is 34.7 Å². The molecule has 4 nitrogen and oxygen atoms in total. The number of nitrogens with one attached hydrogen (secondary N) is 2. The lowest BCUT2D eigenvalue weighted by Gasteiger charge is -2.14. The van der Waals surface area contributed by atoms with Crippen LogP contribution in [0, 0.1) is 0 Å². The molecule has 2 N–H and O–H groups in total. The van der Waals surface area contributed by atoms with E-state index in [4.69, 9.17) is 0 Å². The summed E-state index contributed by atoms with van der Waals surface area (Å²) in [5, 5.41) is 15.1. The molecule has 22 heavy (non-hydrogen) atoms. The minimum absolute atomic E-state index is 0.430. The maximum atomic E-state index is 4.24. The largest absolute Gasteiger partial charge is 0.366 e. The van der Waals surface area contributed by atoms with Crippen LogP contribution in [0.25, 0.3) is 0 Å². The standard InChI is InChI=1S/C18H26N4/c1-3-4-5-7-10-15(2)19-17-13-14-18(22-21-17)20-16-11-8-6-9-12-16/h6,8-9,11-15H,3-5,7,10H2,1-2H3,(H,19,21)(H,20,22). The molecular formula is C18H26N4. The van der Waals surface area contributed by atoms with E-state index in [9.17, 15) is 0 Å². The van der Waals surface area contributed by atoms with E-state index in [0.717, 1.165) is 17.3 Å². The van der Waals surface area contributed by atoms with E-state index in [1.807, 2.05) is 42.5 Å². The third-order valence-electron chi connectivity index (χ3n) is 3.60. The van der Waals surface area contributed by atoms with E-state index >= 15 is 0 Å². The molecule has 4 heteroatoms. The number of nitrogens with zero attached hydrogens (tertiary/aromatic N) is 2. The highest BCUT2D eigenvalue weighted by Crippen LogP contribution is 2.15. The van der Waals surface area contributed by atoms with Gasteiger partial charge in [0.05, 0.1) is 0 Å². The number of para-hydroxylation sites is 1. The van der Waals surface area contributed by atoms with Crippen molar-refractivity contribution in [1.29, 1.82) is 0 Å². The van der Waals surface area contributed by atoms with Gasteiger partial charge >= 0.3 is 0 Å². The molecule has 0 amide bonds. The van der Waals surface area contributed by atoms with Crippen molar-refractivity contribution in [2.24, 2.45) is 0 Å². The summed E-state index contributed by atoms with van der Waals surface area (Å²) >= 11 is 0. The van der Waals surface area contributed by atoms with Gasteiger partial charge in [0, 0.05) is 11.7 Å². The number of hydrogen-bond donors (Lipinski definition) is 2. The highest BCUT2D eigenvalue weighted by molar-refractivity contribution is 5.56. The lowest BCUT2D eigenvalue weighted by atomic mass is 10.1. The summed E-state index contributed by atoms with van der Waals surface area (Å²) in [5.74, 6) is 1.59. The van der Waals surface area contributed by atoms with Gasteiger partial charge in [0.15, 0.2) is 5.82 Å². The van der Waals surface area contributed by atoms with E-state index in [-0.39, 0.29) is 0 Å². The van der Waals surface area contributed by atoms with Crippen LogP contribution in [0.4, 0.5) is 17.3 Å². The van der Waals surface area contributed by atoms with Crippen molar-refractivity contribution in [3.63, 3.8) is 0 Å². The van der Waals surface area contributed by atoms with Crippen LogP contribution in [0.1, 0.15) is 46.0 Å². The molecule has 0 saturated carbocycles. The molecule has 1 heterocycles. The van der Waals surface area contributed by atoms with Crippen molar-refractivity contribution < 1.29 is 0 Å². The predicted octanol–water partition coefficient (Wildman–Crippen LogP) is 4.99. The SMILES string of the molecule is CCCCCCC(C)Nc1ccc(Nc2ccccc2)nn1. The van der Waals surface area contributed by atoms with Gasteiger partial charge in [-0.2, -0.15) is 0 Å². The Labute approximate surface area is 133 Å². The minimum Gasteiger partial charge on any atom is -0.366 e. The van der Waals surface area contributed by atoms with Crippen LogP contribution in [0.3, 0.4) is 0 Å². The second-order valence-corrected chi connectivity index (χ2v) is 5.69. The average Bonchev–Trinajstić information content (AvgIpc) is 2.54. The van der Waals surface area contributed by atoms with Crippen LogP contribution in [-0.4, -0.2) is 16.2 Å². The number of hydrogen-bond acceptors (Lipinski definition) is 4. The topological polar surface area (TPSA) is 49.8 Å². The Morgan fingerprint density at radius 1 is 0.909 bits per heavy atom. The molecule has 0 bridgehead atoms. The fourth-order valence-corrected chi connectivity index (χ4v) is 2.35. The van der Waals surface area contributed by atoms with Crippen molar-refractivity contribution >= 4 is 17.3 Å². The summed E-state index contributed by atoms with van der Waals surface area (Å²) < 4.78 is 0. The van der Waals surface area contributed by atoms with Crippen molar-refractivity contribution in [1.82, 2.24) is 10.2 Å². The first kappa shape index (κ1) is 16.3. The van der Waals surface area contributed by atoms with Crippen LogP contribution in [0.15, 0.2) is 42.5 Å². The van der Waals surface area contributed by atoms with Crippen molar-refractivity contribution in [2.45, 2.75) is 52.0 Å². The van der Waals surface area contributed by atoms with Crippen LogP contribution in [0.2, 0.25) is 0 Å². The normalized spacial score (nSPS) is 11.9. The minimum atomic E-state index is 0.430. The molecular weight excluding hydrogens is 272 g/mol. The van der Waals surface area contributed by atoms with Gasteiger partial charge in [-0.15, -0.1) is 10.2 Å². The lowest BCUT2D eigenvalue weighted by Crippen LogP contribution is -2.16. The molecule has 0 fully saturated rings. The smallest absolute Gasteiger partial charge is 0.153 e. The molecule has 0 aliphatic rings. The predicted molar refractivity (Wildman–Crippen MR) is 93.6 cm³/mol. The number of anilines is 3. The second-order valence-electron chi connectivity index (χ2n) is 5.69. The van der Waals surface area contributed by atoms with Crippen molar-refractivity contribution in [3.05, 3.63) is 42.5 Å². The lowest BCUT2D eigenvalue weighted by molar-refractivity contribution is 0.592. The molecule has 118 valence electrons. The fourth-order valence-electron chi connectivity index (χ4n) is 2.35. The van der Waals surface area contributed by atoms with Gasteiger partial charge in [-0.25, -0.2) is 0 Å². The average molecular weight is 298 g/mol. The summed E-state index contributed by atoms with van der Waals surface area (Å²) in [6, 6.07) is 14.3. The Kier molecular flexibility index (Phi) is 6.68. The molecule has 0 spiro atoms. The Morgan fingerprint density at radius 2 is 1.64 bits per heavy atom. The quantitative estimate of drug-likeness (QED) is 0.640. The zero-order valence-corrected chi connectivity index (χ0v) is 13.5. The number of aromatic nitrogens is 2. The van der Waals surface area contributed by atoms with Crippen LogP contribution < -0.4 is 10.6 Å². The van der Waals surface area contributed by atoms with Crippen LogP contribution in [0.5, 0.6) is 0 Å². The first-order chi connectivity index (χ1) is 10.8. The third kappa shape index (κ3) is 5.72. The third-order valence-corrected chi connectivity index (χ3v) is 3.60. The van der Waals surface area contributed by atoms with E-state index in [1.54, 1.807) is 0 Å². The summed E-state index contributed by atoms with van der Waals surface area (Å²) in [7, 11) is 0. The summed E-state index contributed by atoms with van der Waals surface area (Å²) in [5.41, 5.74) is 1.02. The highest BCUT2D eigenvalue weighted by atomic mass is 15.2. The fraction of sp³-hybridized carbons (Fsp3) is 0.444. The molecule has 1 aromatic carbocycles. The van der Waals surface area contributed by atoms with Crippen molar-refractivity contribution in [2.75, 3.05) is 10.6 Å². The van der Waals surface area contributed by atoms with E-state index < -0.39 is 0 Å². The Hall–Kier alpha value is -2.10. The van der Waals surface area contributed by atoms with Gasteiger partial charge in [-0.3, -0.25) is 0 Å². The molecule has 0 saturated heterocycles. The first-order valence-corrected chi connectivity index (χ1v) is 8.20. The molecule has 1 unspecified atom stereocenters. The molecule has 1 aromatic heterocycles. The number of benzene rings is 1. The monoisotopic (exact) mass is 298 g/mol. The van der Waals surface area contributed by atoms with Gasteiger partial charge in [0.1, 0.15) is 5.82 Å². The Bertz CT molecular complexity index is 525. The van der Waals surface area contributed by atoms with Gasteiger partial charge in [0.25, 0.3) is 0 Å². The van der Waals surface area contributed by atoms with Crippen LogP contribution in [-0.2, 0) is 0 Å². The summed E-state index contributed by atoms with van der Waals surface area (Å²) in [6.07, 6.45) is 6.36. The zero-order valence-electron chi connectivity index (χ0n) is 13.5. The molecule has 0 aliphatic heterocycles. The second kappa shape index (κ2) is 9.03. The summed E-state index contributed by atoms with van der Waals surface area (Å²) in [6.45, 7) is 4.44. The van der Waals surface area contributed by atoms with Gasteiger partial charge in [-0.05, 0) is 37.6 Å². The maximum absolute atomic E-state index is 4.24. The molecule has 0 radical (unpaired) electrons. The number of rotatable bonds is 9. The summed E-state index contributed by atoms with van der Waals surface area (Å²) in [4.78, 5) is 0. The maximum Gasteiger partial charge on any atom is 0.153 e. The van der Waals surface area contributed by atoms with E-state index in [1.165, 1.54) is 32.1 Å². The zero-order chi connectivity index (χ0) is 15.6. The van der Waals surface area contributed by atoms with Gasteiger partial charge in [-0.1, -0.05) is 50.8 Å². The first-order valence-electron chi connectivity index (χ1n) is 8.20. The Morgan fingerprint density at radius 3 is 2.32 bits per heavy atom. The van der Waals surface area contributed by atoms with Gasteiger partial charge < -0.3 is 10.6 Å². The molecule has 1 atom stereocenters. The van der Waals surface area contributed by atoms with Gasteiger partial charge in [0.2, 0.25) is 0 Å². The molecule has 2 rings (SSSR count). The molecule has 2 aromatic rings.